The maximum atomic E-state index is 13.3. The van der Waals surface area contributed by atoms with Gasteiger partial charge in [-0.3, -0.25) is 4.79 Å². The molecule has 0 aliphatic carbocycles. The van der Waals surface area contributed by atoms with E-state index in [4.69, 9.17) is 16.3 Å². The molecule has 2 aliphatic rings. The number of rotatable bonds is 3. The van der Waals surface area contributed by atoms with E-state index in [9.17, 15) is 9.18 Å². The number of ketones is 1. The summed E-state index contributed by atoms with van der Waals surface area (Å²) in [4.78, 5) is 12.2. The van der Waals surface area contributed by atoms with E-state index in [1.54, 1.807) is 6.07 Å². The number of hydrogen-bond donors (Lipinski definition) is 0. The van der Waals surface area contributed by atoms with Gasteiger partial charge in [0.25, 0.3) is 0 Å². The minimum atomic E-state index is -0.467. The molecule has 2 saturated heterocycles. The van der Waals surface area contributed by atoms with Crippen LogP contribution >= 0.6 is 11.6 Å². The van der Waals surface area contributed by atoms with Gasteiger partial charge in [-0.25, -0.2) is 4.39 Å². The first kappa shape index (κ1) is 12.1. The molecule has 0 spiro atoms. The third-order valence-electron chi connectivity index (χ3n) is 3.88. The Labute approximate surface area is 110 Å². The van der Waals surface area contributed by atoms with Gasteiger partial charge in [-0.05, 0) is 37.0 Å². The number of fused-ring (bicyclic) bond motifs is 2. The zero-order valence-electron chi connectivity index (χ0n) is 9.86. The highest BCUT2D eigenvalue weighted by atomic mass is 35.5. The van der Waals surface area contributed by atoms with Gasteiger partial charge in [-0.1, -0.05) is 17.7 Å². The molecule has 3 unspecified atom stereocenters. The van der Waals surface area contributed by atoms with Crippen molar-refractivity contribution in [3.05, 3.63) is 34.6 Å². The largest absolute Gasteiger partial charge is 0.374 e. The Morgan fingerprint density at radius 3 is 2.89 bits per heavy atom. The van der Waals surface area contributed by atoms with Crippen LogP contribution in [0.15, 0.2) is 18.2 Å². The molecule has 3 atom stereocenters. The fraction of sp³-hybridized carbons (Fsp3) is 0.500. The average molecular weight is 269 g/mol. The Morgan fingerprint density at radius 1 is 1.44 bits per heavy atom. The number of ether oxygens (including phenoxy) is 1. The normalized spacial score (nSPS) is 29.8. The topological polar surface area (TPSA) is 26.3 Å². The predicted octanol–water partition coefficient (Wildman–Crippen LogP) is 3.16. The standard InChI is InChI=1S/C14H14ClFO2/c15-11-3-1-8(5-12(11)16)6-13(17)10-7-9-2-4-14(10)18-9/h1,3,5,9-10,14H,2,4,6-7H2. The van der Waals surface area contributed by atoms with E-state index in [-0.39, 0.29) is 35.4 Å². The molecule has 96 valence electrons. The Balaban J connectivity index is 1.69. The van der Waals surface area contributed by atoms with Crippen molar-refractivity contribution in [2.75, 3.05) is 0 Å². The minimum absolute atomic E-state index is 0.00230. The van der Waals surface area contributed by atoms with Crippen molar-refractivity contribution < 1.29 is 13.9 Å². The van der Waals surface area contributed by atoms with Gasteiger partial charge in [0.1, 0.15) is 11.6 Å². The van der Waals surface area contributed by atoms with Gasteiger partial charge in [0.2, 0.25) is 0 Å². The Morgan fingerprint density at radius 2 is 2.28 bits per heavy atom. The number of hydrogen-bond acceptors (Lipinski definition) is 2. The van der Waals surface area contributed by atoms with Gasteiger partial charge < -0.3 is 4.74 Å². The number of carbonyl (C=O) groups excluding carboxylic acids is 1. The summed E-state index contributed by atoms with van der Waals surface area (Å²) in [6, 6.07) is 4.54. The molecule has 3 rings (SSSR count). The van der Waals surface area contributed by atoms with E-state index in [0.717, 1.165) is 19.3 Å². The summed E-state index contributed by atoms with van der Waals surface area (Å²) in [5.41, 5.74) is 0.685. The Bertz CT molecular complexity index is 489. The van der Waals surface area contributed by atoms with E-state index in [1.807, 2.05) is 0 Å². The lowest BCUT2D eigenvalue weighted by atomic mass is 9.84. The van der Waals surface area contributed by atoms with Crippen molar-refractivity contribution >= 4 is 17.4 Å². The fourth-order valence-electron chi connectivity index (χ4n) is 2.96. The smallest absolute Gasteiger partial charge is 0.143 e. The van der Waals surface area contributed by atoms with Crippen molar-refractivity contribution in [3.63, 3.8) is 0 Å². The van der Waals surface area contributed by atoms with Crippen LogP contribution in [0.25, 0.3) is 0 Å². The SMILES string of the molecule is O=C(Cc1ccc(Cl)c(F)c1)C1CC2CCC1O2. The highest BCUT2D eigenvalue weighted by Gasteiger charge is 2.43. The third kappa shape index (κ3) is 2.17. The van der Waals surface area contributed by atoms with Crippen LogP contribution < -0.4 is 0 Å². The first-order valence-corrected chi connectivity index (χ1v) is 6.63. The maximum Gasteiger partial charge on any atom is 0.143 e. The second-order valence-electron chi connectivity index (χ2n) is 5.11. The molecule has 2 nitrogen and oxygen atoms in total. The molecule has 2 bridgehead atoms. The molecule has 0 amide bonds. The van der Waals surface area contributed by atoms with E-state index in [0.29, 0.717) is 5.56 Å². The molecular weight excluding hydrogens is 255 g/mol. The molecule has 0 radical (unpaired) electrons. The van der Waals surface area contributed by atoms with Crippen LogP contribution in [-0.4, -0.2) is 18.0 Å². The summed E-state index contributed by atoms with van der Waals surface area (Å²) < 4.78 is 19.0. The molecule has 4 heteroatoms. The highest BCUT2D eigenvalue weighted by Crippen LogP contribution is 2.39. The minimum Gasteiger partial charge on any atom is -0.374 e. The lowest BCUT2D eigenvalue weighted by Gasteiger charge is -2.17. The van der Waals surface area contributed by atoms with Gasteiger partial charge >= 0.3 is 0 Å². The fourth-order valence-corrected chi connectivity index (χ4v) is 3.08. The number of Topliss-reactive ketones (excluding diaryl/α,β-unsaturated/α-hetero) is 1. The second kappa shape index (κ2) is 4.63. The molecule has 18 heavy (non-hydrogen) atoms. The van der Waals surface area contributed by atoms with Crippen LogP contribution in [0, 0.1) is 11.7 Å². The van der Waals surface area contributed by atoms with E-state index in [1.165, 1.54) is 12.1 Å². The summed E-state index contributed by atoms with van der Waals surface area (Å²) in [5.74, 6) is -0.308. The summed E-state index contributed by atoms with van der Waals surface area (Å²) in [6.45, 7) is 0. The van der Waals surface area contributed by atoms with Crippen LogP contribution in [0.4, 0.5) is 4.39 Å². The van der Waals surface area contributed by atoms with Crippen LogP contribution in [0.5, 0.6) is 0 Å². The van der Waals surface area contributed by atoms with Gasteiger partial charge in [0.05, 0.1) is 17.2 Å². The molecule has 2 aliphatic heterocycles. The van der Waals surface area contributed by atoms with Gasteiger partial charge in [0, 0.05) is 12.3 Å². The lowest BCUT2D eigenvalue weighted by molar-refractivity contribution is -0.123. The first-order valence-electron chi connectivity index (χ1n) is 6.25. The molecule has 2 heterocycles. The summed E-state index contributed by atoms with van der Waals surface area (Å²) >= 11 is 5.62. The van der Waals surface area contributed by atoms with Crippen molar-refractivity contribution in [2.24, 2.45) is 5.92 Å². The first-order chi connectivity index (χ1) is 8.63. The molecule has 2 fully saturated rings. The quantitative estimate of drug-likeness (QED) is 0.842. The number of carbonyl (C=O) groups is 1. The summed E-state index contributed by atoms with van der Waals surface area (Å²) in [5, 5.41) is 0.0921. The van der Waals surface area contributed by atoms with Gasteiger partial charge in [0.15, 0.2) is 0 Å². The van der Waals surface area contributed by atoms with Crippen molar-refractivity contribution in [1.82, 2.24) is 0 Å². The molecule has 1 aromatic carbocycles. The van der Waals surface area contributed by atoms with Crippen molar-refractivity contribution in [2.45, 2.75) is 37.9 Å². The van der Waals surface area contributed by atoms with Crippen molar-refractivity contribution in [1.29, 1.82) is 0 Å². The third-order valence-corrected chi connectivity index (χ3v) is 4.19. The van der Waals surface area contributed by atoms with E-state index in [2.05, 4.69) is 0 Å². The van der Waals surface area contributed by atoms with E-state index < -0.39 is 5.82 Å². The predicted molar refractivity (Wildman–Crippen MR) is 66.1 cm³/mol. The molecule has 0 N–H and O–H groups in total. The zero-order chi connectivity index (χ0) is 12.7. The van der Waals surface area contributed by atoms with Gasteiger partial charge in [-0.15, -0.1) is 0 Å². The zero-order valence-corrected chi connectivity index (χ0v) is 10.6. The lowest BCUT2D eigenvalue weighted by Crippen LogP contribution is -2.26. The molecule has 1 aromatic rings. The van der Waals surface area contributed by atoms with Crippen LogP contribution in [0.1, 0.15) is 24.8 Å². The van der Waals surface area contributed by atoms with Gasteiger partial charge in [-0.2, -0.15) is 0 Å². The summed E-state index contributed by atoms with van der Waals surface area (Å²) in [6.07, 6.45) is 3.52. The molecular formula is C14H14ClFO2. The number of halogens is 2. The highest BCUT2D eigenvalue weighted by molar-refractivity contribution is 6.30. The summed E-state index contributed by atoms with van der Waals surface area (Å²) in [7, 11) is 0. The molecule has 0 saturated carbocycles. The average Bonchev–Trinajstić information content (AvgIpc) is 2.96. The van der Waals surface area contributed by atoms with Crippen LogP contribution in [-0.2, 0) is 16.0 Å². The van der Waals surface area contributed by atoms with Crippen LogP contribution in [0.3, 0.4) is 0 Å². The maximum absolute atomic E-state index is 13.3. The molecule has 0 aromatic heterocycles. The Kier molecular flexibility index (Phi) is 3.12. The van der Waals surface area contributed by atoms with Crippen LogP contribution in [0.2, 0.25) is 5.02 Å². The number of benzene rings is 1. The second-order valence-corrected chi connectivity index (χ2v) is 5.51. The Hall–Kier alpha value is -0.930. The van der Waals surface area contributed by atoms with Crippen molar-refractivity contribution in [3.8, 4) is 0 Å². The van der Waals surface area contributed by atoms with E-state index >= 15 is 0 Å². The monoisotopic (exact) mass is 268 g/mol.